The van der Waals surface area contributed by atoms with Crippen molar-refractivity contribution in [1.82, 2.24) is 0 Å². The number of hydrogen-bond donors (Lipinski definition) is 1. The molecule has 0 aromatic rings. The summed E-state index contributed by atoms with van der Waals surface area (Å²) in [6.07, 6.45) is 0. The first-order valence-corrected chi connectivity index (χ1v) is 1.17. The molecule has 0 spiro atoms. The predicted octanol–water partition coefficient (Wildman–Crippen LogP) is 0.0284. The molecule has 0 amide bonds. The number of rotatable bonds is 1. The van der Waals surface area contributed by atoms with Gasteiger partial charge < -0.3 is 10.8 Å². The van der Waals surface area contributed by atoms with Crippen LogP contribution >= 0.6 is 0 Å². The van der Waals surface area contributed by atoms with Crippen molar-refractivity contribution >= 4 is 0 Å². The van der Waals surface area contributed by atoms with Gasteiger partial charge >= 0.3 is 0 Å². The molecule has 3 heteroatoms. The second-order valence-electron chi connectivity index (χ2n) is 0.474. The van der Waals surface area contributed by atoms with Crippen LogP contribution in [0.4, 0.5) is 0 Å². The zero-order valence-electron chi connectivity index (χ0n) is 2.94. The van der Waals surface area contributed by atoms with E-state index in [9.17, 15) is 0 Å². The van der Waals surface area contributed by atoms with Crippen LogP contribution in [-0.2, 0) is 32.7 Å². The molecule has 0 atom stereocenters. The topological polar surface area (TPSA) is 44.0 Å². The summed E-state index contributed by atoms with van der Waals surface area (Å²) < 4.78 is 0. The molecule has 2 nitrogen and oxygen atoms in total. The molecule has 0 rings (SSSR count). The van der Waals surface area contributed by atoms with Gasteiger partial charge in [0.25, 0.3) is 0 Å². The second-order valence-corrected chi connectivity index (χ2v) is 0.474. The monoisotopic (exact) mass is 149 g/mol. The van der Waals surface area contributed by atoms with E-state index in [1.165, 1.54) is 0 Å². The van der Waals surface area contributed by atoms with Gasteiger partial charge in [-0.05, 0) is 0 Å². The number of hydrogen-bond acceptors (Lipinski definition) is 1. The van der Waals surface area contributed by atoms with E-state index in [1.54, 1.807) is 0 Å². The molecule has 0 bridgehead atoms. The van der Waals surface area contributed by atoms with Crippen molar-refractivity contribution in [3.8, 4) is 0 Å². The third-order valence-electron chi connectivity index (χ3n) is 0.112. The van der Waals surface area contributed by atoms with Crippen LogP contribution in [0.25, 0.3) is 5.73 Å². The average Bonchev–Trinajstić information content (AvgIpc) is 1.37. The third kappa shape index (κ3) is 11.2. The van der Waals surface area contributed by atoms with E-state index < -0.39 is 0 Å². The first kappa shape index (κ1) is 9.39. The Balaban J connectivity index is 0. The Hall–Kier alpha value is 1.02. The maximum Gasteiger partial charge on any atom is 0.0241 e. The normalized spacial score (nSPS) is 6.00. The van der Waals surface area contributed by atoms with Gasteiger partial charge in [0.05, 0.1) is 0 Å². The van der Waals surface area contributed by atoms with Crippen molar-refractivity contribution < 1.29 is 37.8 Å². The van der Waals surface area contributed by atoms with E-state index in [1.807, 2.05) is 0 Å². The molecule has 0 aliphatic rings. The first-order valence-electron chi connectivity index (χ1n) is 1.17. The Labute approximate surface area is 56.6 Å². The van der Waals surface area contributed by atoms with Gasteiger partial charge in [-0.1, -0.05) is 0 Å². The van der Waals surface area contributed by atoms with E-state index in [0.29, 0.717) is 0 Å². The van der Waals surface area contributed by atoms with Crippen LogP contribution in [0.15, 0.2) is 0 Å². The van der Waals surface area contributed by atoms with E-state index in [-0.39, 0.29) is 45.9 Å². The molecule has 0 aromatic carbocycles. The summed E-state index contributed by atoms with van der Waals surface area (Å²) in [6.45, 7) is 0.111. The predicted molar refractivity (Wildman–Crippen MR) is 16.3 cm³/mol. The van der Waals surface area contributed by atoms with Crippen LogP contribution < -0.4 is 0 Å². The molecule has 0 aliphatic heterocycles. The zero-order chi connectivity index (χ0) is 3.41. The van der Waals surface area contributed by atoms with E-state index in [0.717, 1.165) is 0 Å². The first-order chi connectivity index (χ1) is 1.91. The molecular weight excluding hydrogens is 143 g/mol. The summed E-state index contributed by atoms with van der Waals surface area (Å²) in [5, 5.41) is 7.69. The fourth-order valence-electron chi connectivity index (χ4n) is 0. The summed E-state index contributed by atoms with van der Waals surface area (Å²) in [5.41, 5.74) is 6.20. The minimum absolute atomic E-state index is 0. The number of aliphatic hydroxyl groups excluding tert-OH is 1. The summed E-state index contributed by atoms with van der Waals surface area (Å²) >= 11 is 0. The zero-order valence-corrected chi connectivity index (χ0v) is 5.78. The van der Waals surface area contributed by atoms with Gasteiger partial charge in [0.1, 0.15) is 0 Å². The van der Waals surface area contributed by atoms with Crippen molar-refractivity contribution in [1.29, 1.82) is 0 Å². The second kappa shape index (κ2) is 8.90. The molecule has 2 N–H and O–H groups in total. The minimum atomic E-state index is -0.0139. The molecule has 5 heavy (non-hydrogen) atoms. The van der Waals surface area contributed by atoms with E-state index in [2.05, 4.69) is 0 Å². The van der Waals surface area contributed by atoms with Crippen LogP contribution in [0.1, 0.15) is 0 Å². The van der Waals surface area contributed by atoms with Gasteiger partial charge in [-0.15, -0.1) is 6.54 Å². The van der Waals surface area contributed by atoms with Crippen LogP contribution in [0.5, 0.6) is 0 Å². The third-order valence-corrected chi connectivity index (χ3v) is 0.112. The van der Waals surface area contributed by atoms with Gasteiger partial charge in [-0.3, -0.25) is 0 Å². The molecule has 0 unspecified atom stereocenters. The largest absolute Gasteiger partial charge is 0.676 e. The molecule has 0 saturated heterocycles. The van der Waals surface area contributed by atoms with Crippen LogP contribution in [0.3, 0.4) is 0 Å². The van der Waals surface area contributed by atoms with Gasteiger partial charge in [0.2, 0.25) is 0 Å². The summed E-state index contributed by atoms with van der Waals surface area (Å²) in [7, 11) is 0. The smallest absolute Gasteiger partial charge is 0.0241 e. The molecule has 0 aromatic heterocycles. The summed E-state index contributed by atoms with van der Waals surface area (Å²) in [4.78, 5) is 0. The summed E-state index contributed by atoms with van der Waals surface area (Å²) in [5.74, 6) is 0. The molecule has 0 fully saturated rings. The number of nitrogens with one attached hydrogen (secondary N) is 1. The Kier molecular flexibility index (Phi) is 16.7. The maximum atomic E-state index is 7.69. The van der Waals surface area contributed by atoms with Crippen molar-refractivity contribution in [3.63, 3.8) is 0 Å². The summed E-state index contributed by atoms with van der Waals surface area (Å²) in [6, 6.07) is 0. The SMILES string of the molecule is [NH-]CCO.[Y]. The Morgan fingerprint density at radius 1 is 1.60 bits per heavy atom. The molecule has 1 radical (unpaired) electrons. The van der Waals surface area contributed by atoms with Gasteiger partial charge in [-0.2, -0.15) is 0 Å². The quantitative estimate of drug-likeness (QED) is 0.561. The van der Waals surface area contributed by atoms with E-state index in [4.69, 9.17) is 10.8 Å². The van der Waals surface area contributed by atoms with Crippen molar-refractivity contribution in [2.75, 3.05) is 13.2 Å². The molecule has 0 saturated carbocycles. The van der Waals surface area contributed by atoms with Gasteiger partial charge in [0, 0.05) is 39.3 Å². The molecular formula is C2H6NOY-. The Morgan fingerprint density at radius 2 is 1.80 bits per heavy atom. The van der Waals surface area contributed by atoms with Crippen LogP contribution in [0.2, 0.25) is 0 Å². The molecule has 0 aliphatic carbocycles. The number of aliphatic hydroxyl groups is 1. The van der Waals surface area contributed by atoms with Crippen LogP contribution in [-0.4, -0.2) is 18.3 Å². The van der Waals surface area contributed by atoms with Crippen molar-refractivity contribution in [3.05, 3.63) is 5.73 Å². The van der Waals surface area contributed by atoms with Crippen LogP contribution in [0, 0.1) is 0 Å². The minimum Gasteiger partial charge on any atom is -0.676 e. The Morgan fingerprint density at radius 3 is 1.80 bits per heavy atom. The molecule has 29 valence electrons. The van der Waals surface area contributed by atoms with Gasteiger partial charge in [0.15, 0.2) is 0 Å². The average molecular weight is 149 g/mol. The van der Waals surface area contributed by atoms with E-state index >= 15 is 0 Å². The fourth-order valence-corrected chi connectivity index (χ4v) is 0. The Bertz CT molecular complexity index is 11.6. The standard InChI is InChI=1S/C2H6NO.Y/c3-1-2-4;/h3-4H,1-2H2;/q-1;. The molecule has 0 heterocycles. The fraction of sp³-hybridized carbons (Fsp3) is 1.00. The van der Waals surface area contributed by atoms with Crippen molar-refractivity contribution in [2.24, 2.45) is 0 Å². The van der Waals surface area contributed by atoms with Crippen molar-refractivity contribution in [2.45, 2.75) is 0 Å². The van der Waals surface area contributed by atoms with Gasteiger partial charge in [-0.25, -0.2) is 0 Å². The maximum absolute atomic E-state index is 7.69.